The Bertz CT molecular complexity index is 1360. The van der Waals surface area contributed by atoms with E-state index >= 15 is 0 Å². The molecule has 0 aromatic heterocycles. The zero-order valence-corrected chi connectivity index (χ0v) is 21.1. The van der Waals surface area contributed by atoms with Crippen LogP contribution >= 0.6 is 0 Å². The fourth-order valence-electron chi connectivity index (χ4n) is 3.80. The van der Waals surface area contributed by atoms with Crippen LogP contribution in [0, 0.1) is 0 Å². The first-order valence-corrected chi connectivity index (χ1v) is 13.4. The van der Waals surface area contributed by atoms with Crippen LogP contribution in [0.5, 0.6) is 5.75 Å². The van der Waals surface area contributed by atoms with Crippen LogP contribution in [0.4, 0.5) is 0 Å². The molecule has 4 rings (SSSR count). The van der Waals surface area contributed by atoms with E-state index < -0.39 is 10.1 Å². The lowest BCUT2D eigenvalue weighted by Gasteiger charge is -2.19. The molecule has 0 fully saturated rings. The molecule has 1 N–H and O–H groups in total. The minimum Gasteiger partial charge on any atom is -0.461 e. The van der Waals surface area contributed by atoms with Crippen LogP contribution in [0.3, 0.4) is 0 Å². The lowest BCUT2D eigenvalue weighted by molar-refractivity contribution is -0.145. The smallest absolute Gasteiger partial charge is 0.339 e. The average molecular weight is 516 g/mol. The van der Waals surface area contributed by atoms with E-state index in [2.05, 4.69) is 5.32 Å². The fourth-order valence-corrected chi connectivity index (χ4v) is 4.75. The maximum absolute atomic E-state index is 12.6. The van der Waals surface area contributed by atoms with Gasteiger partial charge < -0.3 is 14.2 Å². The normalized spacial score (nSPS) is 12.0. The van der Waals surface area contributed by atoms with Crippen molar-refractivity contribution in [3.63, 3.8) is 0 Å². The number of hydrogen-bond acceptors (Lipinski definition) is 6. The molecule has 0 aliphatic rings. The Labute approximate surface area is 218 Å². The highest BCUT2D eigenvalue weighted by Crippen LogP contribution is 2.20. The molecule has 37 heavy (non-hydrogen) atoms. The van der Waals surface area contributed by atoms with Gasteiger partial charge in [-0.3, -0.25) is 4.79 Å². The monoisotopic (exact) mass is 515 g/mol. The van der Waals surface area contributed by atoms with Crippen LogP contribution < -0.4 is 9.50 Å². The van der Waals surface area contributed by atoms with Gasteiger partial charge in [-0.2, -0.15) is 8.42 Å². The molecular weight excluding hydrogens is 486 g/mol. The van der Waals surface area contributed by atoms with Crippen LogP contribution in [-0.2, 0) is 39.2 Å². The van der Waals surface area contributed by atoms with Crippen molar-refractivity contribution in [1.29, 1.82) is 0 Å². The largest absolute Gasteiger partial charge is 0.461 e. The molecule has 0 aliphatic heterocycles. The summed E-state index contributed by atoms with van der Waals surface area (Å²) >= 11 is 0. The highest BCUT2D eigenvalue weighted by molar-refractivity contribution is 7.87. The van der Waals surface area contributed by atoms with Crippen LogP contribution in [-0.4, -0.2) is 20.4 Å². The van der Waals surface area contributed by atoms with Crippen LogP contribution in [0.15, 0.2) is 120 Å². The van der Waals surface area contributed by atoms with Gasteiger partial charge in [0.05, 0.1) is 6.42 Å². The van der Waals surface area contributed by atoms with E-state index in [-0.39, 0.29) is 35.7 Å². The minimum atomic E-state index is -3.91. The third kappa shape index (κ3) is 8.31. The molecule has 0 saturated carbocycles. The quantitative estimate of drug-likeness (QED) is 0.204. The molecule has 0 saturated heterocycles. The van der Waals surface area contributed by atoms with E-state index in [1.54, 1.807) is 30.3 Å². The molecule has 0 aliphatic carbocycles. The SMILES string of the molecule is O=C(CC(Cc1ccc(OS(=O)(=O)c2ccccc2)cc1)NCc1ccccc1)OCc1ccccc1. The molecule has 0 bridgehead atoms. The van der Waals surface area contributed by atoms with Crippen molar-refractivity contribution < 1.29 is 22.1 Å². The Balaban J connectivity index is 1.39. The summed E-state index contributed by atoms with van der Waals surface area (Å²) in [5.74, 6) is -0.0630. The van der Waals surface area contributed by atoms with E-state index in [0.717, 1.165) is 16.7 Å². The molecule has 4 aromatic carbocycles. The van der Waals surface area contributed by atoms with E-state index in [1.807, 2.05) is 72.8 Å². The van der Waals surface area contributed by atoms with E-state index in [0.29, 0.717) is 13.0 Å². The van der Waals surface area contributed by atoms with Crippen molar-refractivity contribution in [2.45, 2.75) is 36.9 Å². The molecule has 0 spiro atoms. The third-order valence-corrected chi connectivity index (χ3v) is 7.00. The molecule has 4 aromatic rings. The van der Waals surface area contributed by atoms with Gasteiger partial charge in [0.1, 0.15) is 17.3 Å². The van der Waals surface area contributed by atoms with Crippen molar-refractivity contribution >= 4 is 16.1 Å². The Morgan fingerprint density at radius 3 is 1.89 bits per heavy atom. The lowest BCUT2D eigenvalue weighted by atomic mass is 10.0. The summed E-state index contributed by atoms with van der Waals surface area (Å²) in [6.45, 7) is 0.834. The van der Waals surface area contributed by atoms with Crippen molar-refractivity contribution in [3.05, 3.63) is 132 Å². The number of benzene rings is 4. The molecule has 190 valence electrons. The maximum Gasteiger partial charge on any atom is 0.339 e. The van der Waals surface area contributed by atoms with Gasteiger partial charge in [0.25, 0.3) is 0 Å². The fraction of sp³-hybridized carbons (Fsp3) is 0.167. The maximum atomic E-state index is 12.6. The van der Waals surface area contributed by atoms with Gasteiger partial charge >= 0.3 is 16.1 Å². The van der Waals surface area contributed by atoms with E-state index in [4.69, 9.17) is 8.92 Å². The number of esters is 1. The Morgan fingerprint density at radius 1 is 0.703 bits per heavy atom. The highest BCUT2D eigenvalue weighted by atomic mass is 32.2. The molecule has 7 heteroatoms. The predicted octanol–water partition coefficient (Wildman–Crippen LogP) is 5.29. The summed E-state index contributed by atoms with van der Waals surface area (Å²) in [5, 5.41) is 3.46. The van der Waals surface area contributed by atoms with Gasteiger partial charge in [-0.25, -0.2) is 0 Å². The number of rotatable bonds is 12. The molecule has 0 heterocycles. The second-order valence-corrected chi connectivity index (χ2v) is 10.2. The summed E-state index contributed by atoms with van der Waals surface area (Å²) in [6, 6.07) is 34.2. The van der Waals surface area contributed by atoms with Crippen LogP contribution in [0.1, 0.15) is 23.1 Å². The topological polar surface area (TPSA) is 81.7 Å². The van der Waals surface area contributed by atoms with Gasteiger partial charge in [0.2, 0.25) is 0 Å². The lowest BCUT2D eigenvalue weighted by Crippen LogP contribution is -2.33. The summed E-state index contributed by atoms with van der Waals surface area (Å²) in [6.07, 6.45) is 0.749. The van der Waals surface area contributed by atoms with E-state index in [1.165, 1.54) is 12.1 Å². The molecule has 1 atom stereocenters. The number of hydrogen-bond donors (Lipinski definition) is 1. The first-order valence-electron chi connectivity index (χ1n) is 12.0. The average Bonchev–Trinajstić information content (AvgIpc) is 2.93. The highest BCUT2D eigenvalue weighted by Gasteiger charge is 2.18. The minimum absolute atomic E-state index is 0.0956. The van der Waals surface area contributed by atoms with Crippen molar-refractivity contribution in [2.75, 3.05) is 0 Å². The van der Waals surface area contributed by atoms with Crippen LogP contribution in [0.2, 0.25) is 0 Å². The first-order chi connectivity index (χ1) is 18.0. The van der Waals surface area contributed by atoms with Gasteiger partial charge in [-0.05, 0) is 47.4 Å². The zero-order valence-electron chi connectivity index (χ0n) is 20.3. The predicted molar refractivity (Wildman–Crippen MR) is 142 cm³/mol. The number of ether oxygens (including phenoxy) is 1. The second-order valence-electron chi connectivity index (χ2n) is 8.61. The van der Waals surface area contributed by atoms with Crippen molar-refractivity contribution in [3.8, 4) is 5.75 Å². The van der Waals surface area contributed by atoms with Crippen molar-refractivity contribution in [2.24, 2.45) is 0 Å². The summed E-state index contributed by atoms with van der Waals surface area (Å²) in [5.41, 5.74) is 2.98. The Morgan fingerprint density at radius 2 is 1.27 bits per heavy atom. The third-order valence-electron chi connectivity index (χ3n) is 5.74. The Hall–Kier alpha value is -3.94. The van der Waals surface area contributed by atoms with Crippen molar-refractivity contribution in [1.82, 2.24) is 5.32 Å². The van der Waals surface area contributed by atoms with Gasteiger partial charge in [0.15, 0.2) is 0 Å². The number of carbonyl (C=O) groups is 1. The van der Waals surface area contributed by atoms with Gasteiger partial charge in [-0.1, -0.05) is 91.0 Å². The zero-order chi connectivity index (χ0) is 25.9. The number of carbonyl (C=O) groups excluding carboxylic acids is 1. The van der Waals surface area contributed by atoms with Crippen LogP contribution in [0.25, 0.3) is 0 Å². The molecule has 1 unspecified atom stereocenters. The van der Waals surface area contributed by atoms with Gasteiger partial charge in [0, 0.05) is 12.6 Å². The van der Waals surface area contributed by atoms with Gasteiger partial charge in [-0.15, -0.1) is 0 Å². The van der Waals surface area contributed by atoms with E-state index in [9.17, 15) is 13.2 Å². The summed E-state index contributed by atoms with van der Waals surface area (Å²) in [7, 11) is -3.91. The summed E-state index contributed by atoms with van der Waals surface area (Å²) < 4.78 is 35.7. The second kappa shape index (κ2) is 12.9. The number of nitrogens with one attached hydrogen (secondary N) is 1. The summed E-state index contributed by atoms with van der Waals surface area (Å²) in [4.78, 5) is 12.7. The standard InChI is InChI=1S/C30H29NO5S/c32-30(35-23-26-12-6-2-7-13-26)21-27(31-22-25-10-4-1-5-11-25)20-24-16-18-28(19-17-24)36-37(33,34)29-14-8-3-9-15-29/h1-19,27,31H,20-23H2. The molecule has 0 amide bonds. The molecular formula is C30H29NO5S. The first kappa shape index (κ1) is 26.1. The molecule has 0 radical (unpaired) electrons. The molecule has 6 nitrogen and oxygen atoms in total. The Kier molecular flexibility index (Phi) is 9.08.